The zero-order valence-electron chi connectivity index (χ0n) is 7.94. The molecule has 0 spiro atoms. The molecule has 1 aliphatic heterocycles. The summed E-state index contributed by atoms with van der Waals surface area (Å²) in [7, 11) is 0. The molecule has 2 rings (SSSR count). The Morgan fingerprint density at radius 1 is 1.73 bits per heavy atom. The molecule has 15 heavy (non-hydrogen) atoms. The molecule has 2 heterocycles. The first-order chi connectivity index (χ1) is 7.19. The molecule has 80 valence electrons. The normalized spacial score (nSPS) is 27.5. The van der Waals surface area contributed by atoms with Gasteiger partial charge in [-0.05, 0) is 33.8 Å². The molecule has 1 saturated heterocycles. The number of aliphatic hydroxyl groups is 1. The molecule has 1 aromatic rings. The van der Waals surface area contributed by atoms with Gasteiger partial charge in [0.2, 0.25) is 0 Å². The Labute approximate surface area is 100 Å². The van der Waals surface area contributed by atoms with Crippen LogP contribution in [0.5, 0.6) is 0 Å². The largest absolute Gasteiger partial charge is 0.386 e. The summed E-state index contributed by atoms with van der Waals surface area (Å²) in [6, 6.07) is 4.08. The maximum absolute atomic E-state index is 10.2. The van der Waals surface area contributed by atoms with Gasteiger partial charge in [0, 0.05) is 16.0 Å². The Hall–Kier alpha value is -0.410. The van der Waals surface area contributed by atoms with Gasteiger partial charge in [-0.1, -0.05) is 0 Å². The Bertz CT molecular complexity index is 392. The van der Waals surface area contributed by atoms with Crippen LogP contribution in [0.3, 0.4) is 0 Å². The predicted molar refractivity (Wildman–Crippen MR) is 60.5 cm³/mol. The molecule has 5 heteroatoms. The fourth-order valence-corrected chi connectivity index (χ4v) is 3.39. The number of hydrogen-bond acceptors (Lipinski definition) is 4. The summed E-state index contributed by atoms with van der Waals surface area (Å²) in [6.07, 6.45) is -0.172. The van der Waals surface area contributed by atoms with E-state index < -0.39 is 11.5 Å². The summed E-state index contributed by atoms with van der Waals surface area (Å²) in [6.45, 7) is 0.864. The summed E-state index contributed by atoms with van der Waals surface area (Å²) >= 11 is 4.82. The van der Waals surface area contributed by atoms with E-state index >= 15 is 0 Å². The Morgan fingerprint density at radius 3 is 3.00 bits per heavy atom. The maximum atomic E-state index is 10.2. The molecule has 3 nitrogen and oxygen atoms in total. The van der Waals surface area contributed by atoms with Gasteiger partial charge in [0.15, 0.2) is 0 Å². The van der Waals surface area contributed by atoms with Crippen molar-refractivity contribution in [3.05, 3.63) is 20.8 Å². The average Bonchev–Trinajstić information content (AvgIpc) is 2.86. The van der Waals surface area contributed by atoms with Gasteiger partial charge < -0.3 is 9.84 Å². The Balaban J connectivity index is 2.31. The van der Waals surface area contributed by atoms with Crippen LogP contribution in [0, 0.1) is 16.7 Å². The van der Waals surface area contributed by atoms with E-state index in [0.717, 1.165) is 9.35 Å². The predicted octanol–water partition coefficient (Wildman–Crippen LogP) is 2.47. The lowest BCUT2D eigenvalue weighted by Gasteiger charge is -2.24. The van der Waals surface area contributed by atoms with Crippen LogP contribution in [-0.4, -0.2) is 18.3 Å². The quantitative estimate of drug-likeness (QED) is 0.909. The fraction of sp³-hybridized carbons (Fsp3) is 0.500. The molecule has 2 unspecified atom stereocenters. The molecule has 0 amide bonds. The van der Waals surface area contributed by atoms with Crippen molar-refractivity contribution in [2.75, 3.05) is 13.2 Å². The summed E-state index contributed by atoms with van der Waals surface area (Å²) in [5.41, 5.74) is -0.770. The lowest BCUT2D eigenvalue weighted by atomic mass is 9.82. The molecule has 1 aromatic heterocycles. The van der Waals surface area contributed by atoms with Crippen LogP contribution < -0.4 is 0 Å². The van der Waals surface area contributed by atoms with E-state index in [1.807, 2.05) is 11.4 Å². The molecular weight excluding hydrogens is 278 g/mol. The highest BCUT2D eigenvalue weighted by atomic mass is 79.9. The minimum Gasteiger partial charge on any atom is -0.386 e. The van der Waals surface area contributed by atoms with Crippen LogP contribution in [-0.2, 0) is 4.74 Å². The molecule has 0 saturated carbocycles. The third-order valence-electron chi connectivity index (χ3n) is 2.69. The summed E-state index contributed by atoms with van der Waals surface area (Å²) in [5, 5.41) is 21.3. The van der Waals surface area contributed by atoms with Gasteiger partial charge in [-0.3, -0.25) is 0 Å². The SMILES string of the molecule is N#CC1(C(O)c2sccc2Br)CCOC1. The van der Waals surface area contributed by atoms with E-state index in [-0.39, 0.29) is 0 Å². The van der Waals surface area contributed by atoms with Gasteiger partial charge in [-0.15, -0.1) is 11.3 Å². The number of nitriles is 1. The Morgan fingerprint density at radius 2 is 2.53 bits per heavy atom. The van der Waals surface area contributed by atoms with Crippen molar-refractivity contribution in [1.82, 2.24) is 0 Å². The lowest BCUT2D eigenvalue weighted by Crippen LogP contribution is -2.27. The molecule has 1 aliphatic rings. The number of aliphatic hydroxyl groups excluding tert-OH is 1. The number of nitrogens with zero attached hydrogens (tertiary/aromatic N) is 1. The minimum absolute atomic E-state index is 0.314. The molecule has 0 aliphatic carbocycles. The fourth-order valence-electron chi connectivity index (χ4n) is 1.70. The van der Waals surface area contributed by atoms with Crippen molar-refractivity contribution in [1.29, 1.82) is 5.26 Å². The molecule has 2 atom stereocenters. The second-order valence-corrected chi connectivity index (χ2v) is 5.41. The number of hydrogen-bond donors (Lipinski definition) is 1. The van der Waals surface area contributed by atoms with Crippen molar-refractivity contribution in [2.24, 2.45) is 5.41 Å². The third kappa shape index (κ3) is 1.83. The topological polar surface area (TPSA) is 53.2 Å². The first-order valence-electron chi connectivity index (χ1n) is 4.59. The zero-order chi connectivity index (χ0) is 10.9. The van der Waals surface area contributed by atoms with Gasteiger partial charge in [-0.25, -0.2) is 0 Å². The Kier molecular flexibility index (Phi) is 3.12. The molecule has 1 fully saturated rings. The molecule has 0 bridgehead atoms. The van der Waals surface area contributed by atoms with Crippen molar-refractivity contribution in [3.8, 4) is 6.07 Å². The molecule has 0 aromatic carbocycles. The minimum atomic E-state index is -0.770. The standard InChI is InChI=1S/C10H10BrNO2S/c11-7-1-4-15-8(7)9(13)10(5-12)2-3-14-6-10/h1,4,9,13H,2-3,6H2. The summed E-state index contributed by atoms with van der Waals surface area (Å²) in [4.78, 5) is 0.807. The van der Waals surface area contributed by atoms with E-state index in [4.69, 9.17) is 4.74 Å². The van der Waals surface area contributed by atoms with E-state index in [9.17, 15) is 10.4 Å². The van der Waals surface area contributed by atoms with Crippen LogP contribution >= 0.6 is 27.3 Å². The van der Waals surface area contributed by atoms with Crippen LogP contribution in [0.4, 0.5) is 0 Å². The zero-order valence-corrected chi connectivity index (χ0v) is 10.3. The first-order valence-corrected chi connectivity index (χ1v) is 6.27. The molecule has 1 N–H and O–H groups in total. The van der Waals surface area contributed by atoms with Crippen LogP contribution in [0.25, 0.3) is 0 Å². The highest BCUT2D eigenvalue weighted by Crippen LogP contribution is 2.44. The average molecular weight is 288 g/mol. The number of ether oxygens (including phenoxy) is 1. The molecular formula is C10H10BrNO2S. The van der Waals surface area contributed by atoms with E-state index in [1.165, 1.54) is 11.3 Å². The second-order valence-electron chi connectivity index (χ2n) is 3.61. The van der Waals surface area contributed by atoms with Crippen LogP contribution in [0.1, 0.15) is 17.4 Å². The second kappa shape index (κ2) is 4.22. The highest BCUT2D eigenvalue weighted by molar-refractivity contribution is 9.10. The van der Waals surface area contributed by atoms with Gasteiger partial charge in [0.25, 0.3) is 0 Å². The maximum Gasteiger partial charge on any atom is 0.114 e. The van der Waals surface area contributed by atoms with Crippen molar-refractivity contribution < 1.29 is 9.84 Å². The highest BCUT2D eigenvalue weighted by Gasteiger charge is 2.44. The lowest BCUT2D eigenvalue weighted by molar-refractivity contribution is 0.0525. The van der Waals surface area contributed by atoms with Gasteiger partial charge >= 0.3 is 0 Å². The van der Waals surface area contributed by atoms with Crippen molar-refractivity contribution >= 4 is 27.3 Å². The summed E-state index contributed by atoms with van der Waals surface area (Å²) in [5.74, 6) is 0. The first kappa shape index (κ1) is 11.1. The van der Waals surface area contributed by atoms with E-state index in [1.54, 1.807) is 0 Å². The smallest absolute Gasteiger partial charge is 0.114 e. The summed E-state index contributed by atoms with van der Waals surface area (Å²) < 4.78 is 6.08. The van der Waals surface area contributed by atoms with Gasteiger partial charge in [-0.2, -0.15) is 5.26 Å². The van der Waals surface area contributed by atoms with Gasteiger partial charge in [0.1, 0.15) is 11.5 Å². The number of thiophene rings is 1. The van der Waals surface area contributed by atoms with Crippen molar-refractivity contribution in [3.63, 3.8) is 0 Å². The van der Waals surface area contributed by atoms with E-state index in [0.29, 0.717) is 19.6 Å². The van der Waals surface area contributed by atoms with Crippen LogP contribution in [0.15, 0.2) is 15.9 Å². The number of halogens is 1. The van der Waals surface area contributed by atoms with Crippen LogP contribution in [0.2, 0.25) is 0 Å². The number of rotatable bonds is 2. The van der Waals surface area contributed by atoms with Gasteiger partial charge in [0.05, 0.1) is 12.7 Å². The third-order valence-corrected chi connectivity index (χ3v) is 4.61. The molecule has 0 radical (unpaired) electrons. The van der Waals surface area contributed by atoms with Crippen molar-refractivity contribution in [2.45, 2.75) is 12.5 Å². The monoisotopic (exact) mass is 287 g/mol. The van der Waals surface area contributed by atoms with E-state index in [2.05, 4.69) is 22.0 Å².